The summed E-state index contributed by atoms with van der Waals surface area (Å²) in [4.78, 5) is 48.1. The molecular weight excluding hydrogens is 330 g/mol. The Morgan fingerprint density at radius 2 is 1.76 bits per heavy atom. The predicted molar refractivity (Wildman–Crippen MR) is 90.4 cm³/mol. The molecule has 2 N–H and O–H groups in total. The van der Waals surface area contributed by atoms with Gasteiger partial charge in [0, 0.05) is 7.05 Å². The Hall–Kier alpha value is -2.58. The number of ether oxygens (including phenoxy) is 2. The highest BCUT2D eigenvalue weighted by Crippen LogP contribution is 2.06. The number of rotatable bonds is 7. The van der Waals surface area contributed by atoms with Crippen molar-refractivity contribution in [2.45, 2.75) is 46.3 Å². The number of likely N-dealkylation sites (N-methyl/N-ethyl adjacent to an activating group) is 1. The van der Waals surface area contributed by atoms with E-state index in [4.69, 9.17) is 9.47 Å². The summed E-state index contributed by atoms with van der Waals surface area (Å²) in [6.45, 7) is 11.6. The molecule has 0 heterocycles. The Morgan fingerprint density at radius 1 is 1.20 bits per heavy atom. The Labute approximate surface area is 147 Å². The molecule has 0 aliphatic rings. The number of esters is 1. The van der Waals surface area contributed by atoms with Gasteiger partial charge in [0.05, 0.1) is 12.3 Å². The van der Waals surface area contributed by atoms with Crippen LogP contribution in [0.1, 0.15) is 34.6 Å². The highest BCUT2D eigenvalue weighted by Gasteiger charge is 2.23. The molecule has 25 heavy (non-hydrogen) atoms. The second-order valence-corrected chi connectivity index (χ2v) is 6.30. The van der Waals surface area contributed by atoms with Gasteiger partial charge in [-0.05, 0) is 34.6 Å². The zero-order valence-corrected chi connectivity index (χ0v) is 15.6. The Bertz CT molecular complexity index is 538. The Morgan fingerprint density at radius 3 is 2.24 bits per heavy atom. The van der Waals surface area contributed by atoms with Crippen LogP contribution in [0.15, 0.2) is 12.3 Å². The normalized spacial score (nSPS) is 11.8. The van der Waals surface area contributed by atoms with E-state index in [0.717, 1.165) is 4.90 Å². The zero-order chi connectivity index (χ0) is 19.8. The summed E-state index contributed by atoms with van der Waals surface area (Å²) in [5.74, 6) is -1.86. The molecule has 0 rings (SSSR count). The maximum absolute atomic E-state index is 12.0. The predicted octanol–water partition coefficient (Wildman–Crippen LogP) is 0.551. The fourth-order valence-corrected chi connectivity index (χ4v) is 1.56. The second-order valence-electron chi connectivity index (χ2n) is 6.30. The van der Waals surface area contributed by atoms with Crippen molar-refractivity contribution in [1.29, 1.82) is 0 Å². The minimum atomic E-state index is -0.949. The number of carbonyl (C=O) groups is 4. The minimum Gasteiger partial charge on any atom is -0.465 e. The lowest BCUT2D eigenvalue weighted by Gasteiger charge is -2.22. The van der Waals surface area contributed by atoms with E-state index < -0.39 is 35.5 Å². The highest BCUT2D eigenvalue weighted by molar-refractivity contribution is 5.99. The van der Waals surface area contributed by atoms with E-state index in [1.165, 1.54) is 14.0 Å². The summed E-state index contributed by atoms with van der Waals surface area (Å²) in [6, 6.07) is -0.949. The Balaban J connectivity index is 4.52. The highest BCUT2D eigenvalue weighted by atomic mass is 16.6. The first-order chi connectivity index (χ1) is 11.4. The van der Waals surface area contributed by atoms with Crippen molar-refractivity contribution in [3.63, 3.8) is 0 Å². The third-order valence-electron chi connectivity index (χ3n) is 2.68. The maximum atomic E-state index is 12.0. The van der Waals surface area contributed by atoms with Gasteiger partial charge in [-0.15, -0.1) is 0 Å². The van der Waals surface area contributed by atoms with Crippen molar-refractivity contribution in [3.05, 3.63) is 12.3 Å². The first kappa shape index (κ1) is 22.4. The van der Waals surface area contributed by atoms with Crippen LogP contribution in [-0.2, 0) is 23.9 Å². The van der Waals surface area contributed by atoms with Gasteiger partial charge in [-0.25, -0.2) is 4.79 Å². The van der Waals surface area contributed by atoms with Gasteiger partial charge in [0.25, 0.3) is 5.91 Å². The molecule has 0 fully saturated rings. The zero-order valence-electron chi connectivity index (χ0n) is 15.6. The molecule has 142 valence electrons. The van der Waals surface area contributed by atoms with E-state index in [9.17, 15) is 19.2 Å². The quantitative estimate of drug-likeness (QED) is 0.508. The van der Waals surface area contributed by atoms with E-state index >= 15 is 0 Å². The largest absolute Gasteiger partial charge is 0.465 e. The number of alkyl carbamates (subject to hydrolysis) is 1. The van der Waals surface area contributed by atoms with E-state index in [1.54, 1.807) is 27.7 Å². The minimum absolute atomic E-state index is 0.201. The van der Waals surface area contributed by atoms with Crippen LogP contribution in [0.4, 0.5) is 4.79 Å². The molecule has 0 saturated heterocycles. The fraction of sp³-hybridized carbons (Fsp3) is 0.625. The Kier molecular flexibility index (Phi) is 8.66. The molecule has 0 aliphatic heterocycles. The molecule has 9 nitrogen and oxygen atoms in total. The van der Waals surface area contributed by atoms with Crippen LogP contribution in [-0.4, -0.2) is 60.6 Å². The van der Waals surface area contributed by atoms with Crippen LogP contribution in [0.5, 0.6) is 0 Å². The van der Waals surface area contributed by atoms with E-state index in [0.29, 0.717) is 0 Å². The van der Waals surface area contributed by atoms with E-state index in [-0.39, 0.29) is 18.8 Å². The van der Waals surface area contributed by atoms with Crippen LogP contribution in [0.3, 0.4) is 0 Å². The second kappa shape index (κ2) is 9.65. The third kappa shape index (κ3) is 9.33. The molecule has 0 unspecified atom stereocenters. The van der Waals surface area contributed by atoms with Crippen molar-refractivity contribution < 1.29 is 28.7 Å². The van der Waals surface area contributed by atoms with Crippen molar-refractivity contribution in [1.82, 2.24) is 15.5 Å². The molecular formula is C16H27N3O6. The molecule has 0 spiro atoms. The van der Waals surface area contributed by atoms with Gasteiger partial charge in [-0.2, -0.15) is 0 Å². The summed E-state index contributed by atoms with van der Waals surface area (Å²) >= 11 is 0. The molecule has 0 aliphatic carbocycles. The summed E-state index contributed by atoms with van der Waals surface area (Å²) in [7, 11) is 1.37. The van der Waals surface area contributed by atoms with Crippen LogP contribution < -0.4 is 10.6 Å². The molecule has 0 aromatic carbocycles. The smallest absolute Gasteiger partial charge is 0.408 e. The molecule has 0 saturated carbocycles. The van der Waals surface area contributed by atoms with Gasteiger partial charge in [0.2, 0.25) is 5.91 Å². The third-order valence-corrected chi connectivity index (χ3v) is 2.68. The van der Waals surface area contributed by atoms with Gasteiger partial charge < -0.3 is 25.0 Å². The van der Waals surface area contributed by atoms with E-state index in [2.05, 4.69) is 17.2 Å². The van der Waals surface area contributed by atoms with Gasteiger partial charge in [0.1, 0.15) is 18.2 Å². The van der Waals surface area contributed by atoms with E-state index in [1.807, 2.05) is 0 Å². The summed E-state index contributed by atoms with van der Waals surface area (Å²) in [5, 5.41) is 4.63. The summed E-state index contributed by atoms with van der Waals surface area (Å²) < 4.78 is 9.77. The van der Waals surface area contributed by atoms with Crippen molar-refractivity contribution in [2.75, 3.05) is 20.2 Å². The summed E-state index contributed by atoms with van der Waals surface area (Å²) in [5.41, 5.74) is -0.926. The molecule has 0 radical (unpaired) electrons. The SMILES string of the molecule is C=C(NC(=O)[C@@H](C)NC(=O)OC(C)(C)C)C(=O)N(C)CC(=O)OCC. The lowest BCUT2D eigenvalue weighted by Crippen LogP contribution is -2.48. The summed E-state index contributed by atoms with van der Waals surface area (Å²) in [6.07, 6.45) is -0.758. The van der Waals surface area contributed by atoms with Crippen molar-refractivity contribution in [2.24, 2.45) is 0 Å². The molecule has 9 heteroatoms. The lowest BCUT2D eigenvalue weighted by atomic mass is 10.2. The molecule has 3 amide bonds. The maximum Gasteiger partial charge on any atom is 0.408 e. The topological polar surface area (TPSA) is 114 Å². The molecule has 1 atom stereocenters. The number of hydrogen-bond acceptors (Lipinski definition) is 6. The number of nitrogens with one attached hydrogen (secondary N) is 2. The fourth-order valence-electron chi connectivity index (χ4n) is 1.56. The molecule has 0 bridgehead atoms. The van der Waals surface area contributed by atoms with Crippen molar-refractivity contribution >= 4 is 23.9 Å². The monoisotopic (exact) mass is 357 g/mol. The molecule has 0 aromatic heterocycles. The van der Waals surface area contributed by atoms with Gasteiger partial charge in [0.15, 0.2) is 0 Å². The number of hydrogen-bond donors (Lipinski definition) is 2. The first-order valence-electron chi connectivity index (χ1n) is 7.77. The average molecular weight is 357 g/mol. The van der Waals surface area contributed by atoms with Gasteiger partial charge >= 0.3 is 12.1 Å². The van der Waals surface area contributed by atoms with Gasteiger partial charge in [-0.3, -0.25) is 14.4 Å². The standard InChI is InChI=1S/C16H27N3O6/c1-8-24-12(20)9-19(7)14(22)11(3)17-13(21)10(2)18-15(23)25-16(4,5)6/h10H,3,8-9H2,1-2,4-7H3,(H,17,21)(H,18,23)/t10-/m1/s1. The average Bonchev–Trinajstić information content (AvgIpc) is 2.43. The number of nitrogens with zero attached hydrogens (tertiary/aromatic N) is 1. The van der Waals surface area contributed by atoms with Crippen LogP contribution in [0.2, 0.25) is 0 Å². The van der Waals surface area contributed by atoms with Gasteiger partial charge in [-0.1, -0.05) is 6.58 Å². The first-order valence-corrected chi connectivity index (χ1v) is 7.77. The van der Waals surface area contributed by atoms with Crippen LogP contribution in [0.25, 0.3) is 0 Å². The molecule has 0 aromatic rings. The lowest BCUT2D eigenvalue weighted by molar-refractivity contribution is -0.147. The van der Waals surface area contributed by atoms with Crippen molar-refractivity contribution in [3.8, 4) is 0 Å². The van der Waals surface area contributed by atoms with Crippen LogP contribution in [0, 0.1) is 0 Å². The van der Waals surface area contributed by atoms with Crippen LogP contribution >= 0.6 is 0 Å². The number of amides is 3. The number of carbonyl (C=O) groups excluding carboxylic acids is 4.